The molecule has 0 saturated carbocycles. The van der Waals surface area contributed by atoms with Gasteiger partial charge in [0.25, 0.3) is 0 Å². The number of carbonyl (C=O) groups excluding carboxylic acids is 1. The third-order valence-electron chi connectivity index (χ3n) is 3.36. The Bertz CT molecular complexity index is 627. The predicted octanol–water partition coefficient (Wildman–Crippen LogP) is 4.22. The molecule has 1 amide bonds. The highest BCUT2D eigenvalue weighted by molar-refractivity contribution is 9.10. The lowest BCUT2D eigenvalue weighted by atomic mass is 10.1. The predicted molar refractivity (Wildman–Crippen MR) is 91.4 cm³/mol. The summed E-state index contributed by atoms with van der Waals surface area (Å²) in [6, 6.07) is 12.0. The summed E-state index contributed by atoms with van der Waals surface area (Å²) >= 11 is 3.39. The summed E-state index contributed by atoms with van der Waals surface area (Å²) in [6.07, 6.45) is 1.17. The monoisotopic (exact) mass is 346 g/mol. The Hall–Kier alpha value is -1.81. The summed E-state index contributed by atoms with van der Waals surface area (Å²) in [5.74, 6) is -0.0207. The van der Waals surface area contributed by atoms with Gasteiger partial charge in [-0.15, -0.1) is 0 Å². The number of hydrogen-bond acceptors (Lipinski definition) is 2. The van der Waals surface area contributed by atoms with Crippen LogP contribution >= 0.6 is 15.9 Å². The zero-order valence-corrected chi connectivity index (χ0v) is 13.8. The van der Waals surface area contributed by atoms with Crippen LogP contribution in [0.5, 0.6) is 0 Å². The van der Waals surface area contributed by atoms with Gasteiger partial charge < -0.3 is 11.1 Å². The van der Waals surface area contributed by atoms with Crippen molar-refractivity contribution < 1.29 is 4.79 Å². The number of anilines is 2. The second kappa shape index (κ2) is 6.76. The standard InChI is InChI=1S/C17H19BrN2O/c1-11-3-5-13(6-4-11)7-8-16(21)20-17-12(2)9-14(18)10-15(17)19/h3-6,9-10H,7-8,19H2,1-2H3,(H,20,21). The molecule has 4 heteroatoms. The zero-order valence-electron chi connectivity index (χ0n) is 12.2. The van der Waals surface area contributed by atoms with Gasteiger partial charge in [-0.1, -0.05) is 45.8 Å². The minimum Gasteiger partial charge on any atom is -0.397 e. The summed E-state index contributed by atoms with van der Waals surface area (Å²) in [6.45, 7) is 3.98. The largest absolute Gasteiger partial charge is 0.397 e. The van der Waals surface area contributed by atoms with Crippen LogP contribution in [0.2, 0.25) is 0 Å². The molecule has 0 aliphatic carbocycles. The number of nitrogens with two attached hydrogens (primary N) is 1. The van der Waals surface area contributed by atoms with E-state index in [-0.39, 0.29) is 5.91 Å². The molecule has 0 aliphatic rings. The second-order valence-corrected chi connectivity index (χ2v) is 6.14. The molecule has 0 fully saturated rings. The molecule has 0 heterocycles. The molecular weight excluding hydrogens is 328 g/mol. The number of rotatable bonds is 4. The topological polar surface area (TPSA) is 55.1 Å². The molecule has 2 aromatic carbocycles. The van der Waals surface area contributed by atoms with Crippen molar-refractivity contribution in [2.24, 2.45) is 0 Å². The van der Waals surface area contributed by atoms with Crippen molar-refractivity contribution in [3.8, 4) is 0 Å². The van der Waals surface area contributed by atoms with Crippen molar-refractivity contribution >= 4 is 33.2 Å². The van der Waals surface area contributed by atoms with Gasteiger partial charge in [0.1, 0.15) is 0 Å². The van der Waals surface area contributed by atoms with Crippen molar-refractivity contribution in [3.63, 3.8) is 0 Å². The van der Waals surface area contributed by atoms with E-state index in [4.69, 9.17) is 5.73 Å². The Morgan fingerprint density at radius 2 is 1.86 bits per heavy atom. The molecule has 21 heavy (non-hydrogen) atoms. The molecular formula is C17H19BrN2O. The molecule has 2 rings (SSSR count). The third kappa shape index (κ3) is 4.33. The minimum absolute atomic E-state index is 0.0207. The van der Waals surface area contributed by atoms with Crippen molar-refractivity contribution in [1.29, 1.82) is 0 Å². The van der Waals surface area contributed by atoms with Gasteiger partial charge in [0, 0.05) is 10.9 Å². The molecule has 0 aliphatic heterocycles. The second-order valence-electron chi connectivity index (χ2n) is 5.22. The van der Waals surface area contributed by atoms with Crippen molar-refractivity contribution in [2.75, 3.05) is 11.1 Å². The number of benzene rings is 2. The zero-order chi connectivity index (χ0) is 15.4. The fraction of sp³-hybridized carbons (Fsp3) is 0.235. The molecule has 0 aromatic heterocycles. The fourth-order valence-corrected chi connectivity index (χ4v) is 2.74. The van der Waals surface area contributed by atoms with Crippen LogP contribution in [-0.4, -0.2) is 5.91 Å². The Labute approximate surface area is 133 Å². The van der Waals surface area contributed by atoms with Crippen LogP contribution in [0.1, 0.15) is 23.1 Å². The Kier molecular flexibility index (Phi) is 5.02. The first kappa shape index (κ1) is 15.6. The molecule has 3 nitrogen and oxygen atoms in total. The lowest BCUT2D eigenvalue weighted by Crippen LogP contribution is -2.14. The van der Waals surface area contributed by atoms with E-state index in [2.05, 4.69) is 52.4 Å². The lowest BCUT2D eigenvalue weighted by molar-refractivity contribution is -0.116. The smallest absolute Gasteiger partial charge is 0.224 e. The normalized spacial score (nSPS) is 10.4. The van der Waals surface area contributed by atoms with Gasteiger partial charge in [-0.3, -0.25) is 4.79 Å². The lowest BCUT2D eigenvalue weighted by Gasteiger charge is -2.12. The van der Waals surface area contributed by atoms with Crippen LogP contribution in [0.4, 0.5) is 11.4 Å². The van der Waals surface area contributed by atoms with Crippen LogP contribution in [0.25, 0.3) is 0 Å². The Morgan fingerprint density at radius 3 is 2.48 bits per heavy atom. The number of aryl methyl sites for hydroxylation is 3. The third-order valence-corrected chi connectivity index (χ3v) is 3.81. The van der Waals surface area contributed by atoms with E-state index in [0.29, 0.717) is 17.8 Å². The first-order valence-corrected chi connectivity index (χ1v) is 7.66. The van der Waals surface area contributed by atoms with Crippen molar-refractivity contribution in [3.05, 3.63) is 57.6 Å². The fourth-order valence-electron chi connectivity index (χ4n) is 2.15. The summed E-state index contributed by atoms with van der Waals surface area (Å²) < 4.78 is 0.912. The molecule has 0 unspecified atom stereocenters. The summed E-state index contributed by atoms with van der Waals surface area (Å²) in [4.78, 5) is 12.1. The first-order valence-electron chi connectivity index (χ1n) is 6.86. The van der Waals surface area contributed by atoms with E-state index < -0.39 is 0 Å². The van der Waals surface area contributed by atoms with Gasteiger partial charge in [0.2, 0.25) is 5.91 Å². The summed E-state index contributed by atoms with van der Waals surface area (Å²) in [7, 11) is 0. The van der Waals surface area contributed by atoms with Crippen molar-refractivity contribution in [1.82, 2.24) is 0 Å². The number of carbonyl (C=O) groups is 1. The minimum atomic E-state index is -0.0207. The van der Waals surface area contributed by atoms with E-state index in [9.17, 15) is 4.79 Å². The molecule has 0 radical (unpaired) electrons. The van der Waals surface area contributed by atoms with Crippen molar-refractivity contribution in [2.45, 2.75) is 26.7 Å². The maximum atomic E-state index is 12.1. The number of halogens is 1. The van der Waals surface area contributed by atoms with Crippen LogP contribution in [-0.2, 0) is 11.2 Å². The molecule has 0 atom stereocenters. The maximum absolute atomic E-state index is 12.1. The first-order chi connectivity index (χ1) is 9.95. The average Bonchev–Trinajstić information content (AvgIpc) is 2.42. The number of hydrogen-bond donors (Lipinski definition) is 2. The van der Waals surface area contributed by atoms with E-state index in [1.807, 2.05) is 13.0 Å². The van der Waals surface area contributed by atoms with Crippen LogP contribution in [0, 0.1) is 13.8 Å². The van der Waals surface area contributed by atoms with Gasteiger partial charge >= 0.3 is 0 Å². The van der Waals surface area contributed by atoms with Gasteiger partial charge in [0.15, 0.2) is 0 Å². The van der Waals surface area contributed by atoms with Gasteiger partial charge in [0.05, 0.1) is 11.4 Å². The molecule has 0 bridgehead atoms. The highest BCUT2D eigenvalue weighted by atomic mass is 79.9. The average molecular weight is 347 g/mol. The highest BCUT2D eigenvalue weighted by Gasteiger charge is 2.09. The van der Waals surface area contributed by atoms with Crippen LogP contribution in [0.3, 0.4) is 0 Å². The molecule has 2 aromatic rings. The molecule has 3 N–H and O–H groups in total. The van der Waals surface area contributed by atoms with E-state index in [1.54, 1.807) is 6.07 Å². The Balaban J connectivity index is 1.97. The summed E-state index contributed by atoms with van der Waals surface area (Å²) in [5, 5.41) is 2.90. The number of nitrogens with one attached hydrogen (secondary N) is 1. The van der Waals surface area contributed by atoms with Crippen LogP contribution < -0.4 is 11.1 Å². The maximum Gasteiger partial charge on any atom is 0.224 e. The van der Waals surface area contributed by atoms with E-state index >= 15 is 0 Å². The van der Waals surface area contributed by atoms with Gasteiger partial charge in [-0.25, -0.2) is 0 Å². The van der Waals surface area contributed by atoms with E-state index in [1.165, 1.54) is 5.56 Å². The Morgan fingerprint density at radius 1 is 1.19 bits per heavy atom. The number of amides is 1. The SMILES string of the molecule is Cc1ccc(CCC(=O)Nc2c(C)cc(Br)cc2N)cc1. The molecule has 0 spiro atoms. The molecule has 0 saturated heterocycles. The van der Waals surface area contributed by atoms with Gasteiger partial charge in [-0.05, 0) is 43.5 Å². The van der Waals surface area contributed by atoms with Crippen LogP contribution in [0.15, 0.2) is 40.9 Å². The quantitative estimate of drug-likeness (QED) is 0.814. The van der Waals surface area contributed by atoms with E-state index in [0.717, 1.165) is 22.0 Å². The highest BCUT2D eigenvalue weighted by Crippen LogP contribution is 2.27. The van der Waals surface area contributed by atoms with Gasteiger partial charge in [-0.2, -0.15) is 0 Å². The summed E-state index contributed by atoms with van der Waals surface area (Å²) in [5.41, 5.74) is 10.6. The number of nitrogen functional groups attached to an aromatic ring is 1. The molecule has 110 valence electrons.